The third kappa shape index (κ3) is 8.85. The van der Waals surface area contributed by atoms with E-state index in [2.05, 4.69) is 49.2 Å². The first-order valence-corrected chi connectivity index (χ1v) is 15.1. The van der Waals surface area contributed by atoms with Crippen molar-refractivity contribution in [1.29, 1.82) is 0 Å². The van der Waals surface area contributed by atoms with Gasteiger partial charge in [-0.05, 0) is 67.6 Å². The van der Waals surface area contributed by atoms with Crippen LogP contribution in [0, 0.1) is 18.8 Å². The van der Waals surface area contributed by atoms with Crippen molar-refractivity contribution in [1.82, 2.24) is 19.8 Å². The van der Waals surface area contributed by atoms with Gasteiger partial charge in [0.05, 0.1) is 22.5 Å². The number of carbonyl (C=O) groups is 2. The summed E-state index contributed by atoms with van der Waals surface area (Å²) < 4.78 is 42.0. The number of hydrogen-bond acceptors (Lipinski definition) is 7. The Hall–Kier alpha value is -5.51. The molecule has 1 saturated heterocycles. The first-order valence-electron chi connectivity index (χ1n) is 15.1. The predicted octanol–water partition coefficient (Wildman–Crippen LogP) is 6.07. The fraction of sp³-hybridized carbons (Fsp3) is 0.222. The van der Waals surface area contributed by atoms with Crippen LogP contribution in [-0.2, 0) is 17.5 Å². The van der Waals surface area contributed by atoms with Gasteiger partial charge in [-0.2, -0.15) is 13.2 Å². The van der Waals surface area contributed by atoms with Crippen LogP contribution < -0.4 is 16.0 Å². The number of nitrogens with one attached hydrogen (secondary N) is 3. The van der Waals surface area contributed by atoms with Crippen molar-refractivity contribution in [3.8, 4) is 11.8 Å². The third-order valence-electron chi connectivity index (χ3n) is 7.74. The van der Waals surface area contributed by atoms with Gasteiger partial charge in [-0.15, -0.1) is 0 Å². The minimum atomic E-state index is -4.57. The molecule has 0 atom stereocenters. The summed E-state index contributed by atoms with van der Waals surface area (Å²) in [5, 5.41) is 8.46. The van der Waals surface area contributed by atoms with E-state index in [9.17, 15) is 22.8 Å². The molecule has 5 rings (SSSR count). The van der Waals surface area contributed by atoms with Gasteiger partial charge in [0.25, 0.3) is 5.91 Å². The quantitative estimate of drug-likeness (QED) is 0.157. The van der Waals surface area contributed by atoms with Gasteiger partial charge in [-0.1, -0.05) is 42.7 Å². The summed E-state index contributed by atoms with van der Waals surface area (Å²) in [6, 6.07) is 15.8. The first-order chi connectivity index (χ1) is 23.0. The lowest BCUT2D eigenvalue weighted by atomic mass is 10.0. The lowest BCUT2D eigenvalue weighted by Gasteiger charge is -2.33. The van der Waals surface area contributed by atoms with Crippen LogP contribution in [0.5, 0.6) is 0 Å². The molecule has 3 N–H and O–H groups in total. The van der Waals surface area contributed by atoms with Crippen LogP contribution in [0.4, 0.5) is 36.2 Å². The molecule has 0 bridgehead atoms. The van der Waals surface area contributed by atoms with E-state index in [1.54, 1.807) is 30.3 Å². The van der Waals surface area contributed by atoms with Crippen LogP contribution in [0.25, 0.3) is 0 Å². The molecule has 9 nitrogen and oxygen atoms in total. The molecule has 1 aliphatic rings. The summed E-state index contributed by atoms with van der Waals surface area (Å²) in [5.41, 5.74) is 2.79. The molecule has 0 aliphatic carbocycles. The monoisotopic (exact) mass is 653 g/mol. The highest BCUT2D eigenvalue weighted by molar-refractivity contribution is 6.04. The van der Waals surface area contributed by atoms with Gasteiger partial charge < -0.3 is 20.9 Å². The minimum absolute atomic E-state index is 0.0534. The molecule has 0 saturated carbocycles. The molecule has 3 aromatic carbocycles. The van der Waals surface area contributed by atoms with Crippen LogP contribution >= 0.6 is 0 Å². The Morgan fingerprint density at radius 2 is 1.65 bits per heavy atom. The molecule has 1 aromatic heterocycles. The third-order valence-corrected chi connectivity index (χ3v) is 7.74. The van der Waals surface area contributed by atoms with Crippen LogP contribution in [0.15, 0.2) is 85.7 Å². The molecular weight excluding hydrogens is 619 g/mol. The molecule has 2 amide bonds. The average molecular weight is 654 g/mol. The zero-order chi connectivity index (χ0) is 34.3. The number of nitrogens with zero attached hydrogens (tertiary/aromatic N) is 4. The number of para-hydroxylation sites is 1. The van der Waals surface area contributed by atoms with E-state index in [4.69, 9.17) is 0 Å². The highest BCUT2D eigenvalue weighted by Gasteiger charge is 2.34. The maximum absolute atomic E-state index is 14.0. The van der Waals surface area contributed by atoms with Crippen molar-refractivity contribution in [3.63, 3.8) is 0 Å². The molecule has 48 heavy (non-hydrogen) atoms. The largest absolute Gasteiger partial charge is 0.416 e. The summed E-state index contributed by atoms with van der Waals surface area (Å²) >= 11 is 0. The van der Waals surface area contributed by atoms with Crippen molar-refractivity contribution >= 4 is 34.8 Å². The Kier molecular flexibility index (Phi) is 10.5. The van der Waals surface area contributed by atoms with Gasteiger partial charge in [-0.25, -0.2) is 9.97 Å². The summed E-state index contributed by atoms with van der Waals surface area (Å²) in [6.07, 6.45) is -0.322. The van der Waals surface area contributed by atoms with E-state index in [1.165, 1.54) is 30.6 Å². The lowest BCUT2D eigenvalue weighted by Crippen LogP contribution is -2.44. The second kappa shape index (κ2) is 14.9. The van der Waals surface area contributed by atoms with Gasteiger partial charge >= 0.3 is 6.18 Å². The van der Waals surface area contributed by atoms with Gasteiger partial charge in [0.15, 0.2) is 0 Å². The molecule has 0 spiro atoms. The van der Waals surface area contributed by atoms with Crippen molar-refractivity contribution in [2.24, 2.45) is 0 Å². The van der Waals surface area contributed by atoms with Crippen molar-refractivity contribution < 1.29 is 22.8 Å². The van der Waals surface area contributed by atoms with Crippen molar-refractivity contribution in [2.45, 2.75) is 19.6 Å². The molecule has 4 aromatic rings. The summed E-state index contributed by atoms with van der Waals surface area (Å²) in [7, 11) is 1.99. The molecule has 1 fully saturated rings. The zero-order valence-corrected chi connectivity index (χ0v) is 26.5. The number of piperazine rings is 1. The minimum Gasteiger partial charge on any atom is -0.322 e. The molecule has 0 unspecified atom stereocenters. The number of benzene rings is 3. The highest BCUT2D eigenvalue weighted by atomic mass is 19.4. The Morgan fingerprint density at radius 3 is 2.35 bits per heavy atom. The molecule has 246 valence electrons. The molecule has 0 radical (unpaired) electrons. The normalized spacial score (nSPS) is 13.6. The number of carbonyl (C=O) groups excluding carboxylic acids is 2. The summed E-state index contributed by atoms with van der Waals surface area (Å²) in [4.78, 5) is 37.6. The number of amides is 2. The number of halogens is 3. The number of anilines is 4. The van der Waals surface area contributed by atoms with Crippen LogP contribution in [-0.4, -0.2) is 64.8 Å². The second-order valence-corrected chi connectivity index (χ2v) is 11.3. The standard InChI is InChI=1S/C36H34F3N7O2/c1-4-32(47)43-31-10-5-7-24(2)33(31)44-35-40-21-26(22-41-35)12-11-25-8-6-9-27(19-25)34(48)42-29-14-13-28(30(20-29)36(37,38)39)23-46-17-15-45(3)16-18-46/h4-10,13-14,19-22H,1,15-18,23H2,2-3H3,(H,42,48)(H,43,47)(H,40,41,44). The average Bonchev–Trinajstić information content (AvgIpc) is 3.07. The van der Waals surface area contributed by atoms with Crippen LogP contribution in [0.3, 0.4) is 0 Å². The Bertz CT molecular complexity index is 1870. The number of alkyl halides is 3. The van der Waals surface area contributed by atoms with Gasteiger partial charge in [-0.3, -0.25) is 14.5 Å². The number of hydrogen-bond donors (Lipinski definition) is 3. The summed E-state index contributed by atoms with van der Waals surface area (Å²) in [5.74, 6) is 5.31. The van der Waals surface area contributed by atoms with E-state index < -0.39 is 17.6 Å². The highest BCUT2D eigenvalue weighted by Crippen LogP contribution is 2.35. The van der Waals surface area contributed by atoms with Gasteiger partial charge in [0, 0.05) is 61.9 Å². The fourth-order valence-corrected chi connectivity index (χ4v) is 5.08. The predicted molar refractivity (Wildman–Crippen MR) is 180 cm³/mol. The van der Waals surface area contributed by atoms with E-state index in [1.807, 2.05) is 31.0 Å². The van der Waals surface area contributed by atoms with E-state index >= 15 is 0 Å². The number of aromatic nitrogens is 2. The Morgan fingerprint density at radius 1 is 0.938 bits per heavy atom. The van der Waals surface area contributed by atoms with Crippen LogP contribution in [0.1, 0.15) is 38.2 Å². The van der Waals surface area contributed by atoms with E-state index in [-0.39, 0.29) is 29.3 Å². The molecule has 2 heterocycles. The lowest BCUT2D eigenvalue weighted by molar-refractivity contribution is -0.138. The number of aryl methyl sites for hydroxylation is 1. The first kappa shape index (κ1) is 33.8. The van der Waals surface area contributed by atoms with E-state index in [0.717, 1.165) is 24.7 Å². The van der Waals surface area contributed by atoms with Gasteiger partial charge in [0.2, 0.25) is 11.9 Å². The zero-order valence-electron chi connectivity index (χ0n) is 26.5. The van der Waals surface area contributed by atoms with Crippen molar-refractivity contribution in [2.75, 3.05) is 49.2 Å². The molecule has 12 heteroatoms. The molecule has 1 aliphatic heterocycles. The topological polar surface area (TPSA) is 102 Å². The fourth-order valence-electron chi connectivity index (χ4n) is 5.08. The Labute approximate surface area is 276 Å². The van der Waals surface area contributed by atoms with E-state index in [0.29, 0.717) is 41.5 Å². The maximum Gasteiger partial charge on any atom is 0.416 e. The Balaban J connectivity index is 1.25. The second-order valence-electron chi connectivity index (χ2n) is 11.3. The smallest absolute Gasteiger partial charge is 0.322 e. The summed E-state index contributed by atoms with van der Waals surface area (Å²) in [6.45, 7) is 8.51. The maximum atomic E-state index is 14.0. The molecular formula is C36H34F3N7O2. The number of rotatable bonds is 8. The van der Waals surface area contributed by atoms with Crippen LogP contribution in [0.2, 0.25) is 0 Å². The number of likely N-dealkylation sites (N-methyl/N-ethyl adjacent to an activating group) is 1. The van der Waals surface area contributed by atoms with Crippen molar-refractivity contribution in [3.05, 3.63) is 119 Å². The van der Waals surface area contributed by atoms with Gasteiger partial charge in [0.1, 0.15) is 0 Å². The SMILES string of the molecule is C=CC(=O)Nc1cccc(C)c1Nc1ncc(C#Cc2cccc(C(=O)Nc3ccc(CN4CCN(C)CC4)c(C(F)(F)F)c3)c2)cn1.